The second-order valence-electron chi connectivity index (χ2n) is 7.23. The molecule has 0 fully saturated rings. The molecule has 3 amide bonds. The van der Waals surface area contributed by atoms with Gasteiger partial charge in [-0.25, -0.2) is 0 Å². The number of hydrogen-bond donors (Lipinski definition) is 7. The van der Waals surface area contributed by atoms with Crippen LogP contribution in [0.15, 0.2) is 4.99 Å². The number of rotatable bonds is 15. The van der Waals surface area contributed by atoms with Gasteiger partial charge in [0.25, 0.3) is 0 Å². The first-order valence-electron chi connectivity index (χ1n) is 9.89. The Morgan fingerprint density at radius 2 is 1.58 bits per heavy atom. The first-order chi connectivity index (χ1) is 14.5. The average Bonchev–Trinajstić information content (AvgIpc) is 2.69. The van der Waals surface area contributed by atoms with Gasteiger partial charge in [0, 0.05) is 6.54 Å². The van der Waals surface area contributed by atoms with E-state index in [9.17, 15) is 19.2 Å². The van der Waals surface area contributed by atoms with Crippen LogP contribution in [0, 0.1) is 5.92 Å². The van der Waals surface area contributed by atoms with Crippen molar-refractivity contribution in [2.75, 3.05) is 25.1 Å². The third-order valence-electron chi connectivity index (χ3n) is 4.26. The molecule has 178 valence electrons. The van der Waals surface area contributed by atoms with E-state index in [-0.39, 0.29) is 24.8 Å². The van der Waals surface area contributed by atoms with Crippen molar-refractivity contribution in [2.24, 2.45) is 28.1 Å². The lowest BCUT2D eigenvalue weighted by Gasteiger charge is -2.24. The molecule has 0 bridgehead atoms. The zero-order valence-electron chi connectivity index (χ0n) is 18.2. The van der Waals surface area contributed by atoms with E-state index in [4.69, 9.17) is 22.3 Å². The number of aliphatic imine (C=N–C) groups is 1. The largest absolute Gasteiger partial charge is 0.480 e. The van der Waals surface area contributed by atoms with Crippen molar-refractivity contribution < 1.29 is 24.3 Å². The van der Waals surface area contributed by atoms with E-state index in [1.807, 2.05) is 6.26 Å². The SMILES string of the molecule is CSCCC(NC(=O)C(N)C(C)C)C(=O)NC(CCCN=C(N)N)C(=O)NCC(=O)O. The Bertz CT molecular complexity index is 641. The number of nitrogens with two attached hydrogens (primary N) is 3. The van der Waals surface area contributed by atoms with E-state index >= 15 is 0 Å². The summed E-state index contributed by atoms with van der Waals surface area (Å²) in [5, 5.41) is 16.2. The van der Waals surface area contributed by atoms with Gasteiger partial charge in [0.1, 0.15) is 18.6 Å². The fourth-order valence-corrected chi connectivity index (χ4v) is 2.88. The quantitative estimate of drug-likeness (QED) is 0.0810. The van der Waals surface area contributed by atoms with E-state index in [2.05, 4.69) is 20.9 Å². The molecule has 0 aliphatic rings. The fraction of sp³-hybridized carbons (Fsp3) is 0.722. The molecule has 0 aromatic rings. The van der Waals surface area contributed by atoms with Crippen molar-refractivity contribution in [3.05, 3.63) is 0 Å². The minimum Gasteiger partial charge on any atom is -0.480 e. The Hall–Kier alpha value is -2.54. The number of carbonyl (C=O) groups excluding carboxylic acids is 3. The summed E-state index contributed by atoms with van der Waals surface area (Å²) in [6.07, 6.45) is 2.73. The molecule has 13 heteroatoms. The van der Waals surface area contributed by atoms with Gasteiger partial charge in [0.15, 0.2) is 5.96 Å². The molecule has 10 N–H and O–H groups in total. The molecule has 12 nitrogen and oxygen atoms in total. The molecular weight excluding hydrogens is 426 g/mol. The maximum absolute atomic E-state index is 12.8. The van der Waals surface area contributed by atoms with Crippen LogP contribution in [0.25, 0.3) is 0 Å². The van der Waals surface area contributed by atoms with Gasteiger partial charge in [-0.15, -0.1) is 0 Å². The molecular formula is C18H35N7O5S. The minimum atomic E-state index is -1.22. The zero-order chi connectivity index (χ0) is 24.0. The molecule has 0 aliphatic carbocycles. The predicted molar refractivity (Wildman–Crippen MR) is 120 cm³/mol. The summed E-state index contributed by atoms with van der Waals surface area (Å²) in [6, 6.07) is -2.69. The number of amides is 3. The first kappa shape index (κ1) is 28.5. The van der Waals surface area contributed by atoms with Crippen molar-refractivity contribution in [1.82, 2.24) is 16.0 Å². The van der Waals surface area contributed by atoms with Crippen molar-refractivity contribution >= 4 is 41.4 Å². The van der Waals surface area contributed by atoms with Gasteiger partial charge in [-0.3, -0.25) is 24.2 Å². The van der Waals surface area contributed by atoms with Crippen LogP contribution in [0.1, 0.15) is 33.1 Å². The van der Waals surface area contributed by atoms with Gasteiger partial charge in [-0.05, 0) is 37.2 Å². The van der Waals surface area contributed by atoms with Gasteiger partial charge in [0.2, 0.25) is 17.7 Å². The lowest BCUT2D eigenvalue weighted by molar-refractivity contribution is -0.138. The first-order valence-corrected chi connectivity index (χ1v) is 11.3. The molecule has 3 atom stereocenters. The van der Waals surface area contributed by atoms with Gasteiger partial charge < -0.3 is 38.3 Å². The lowest BCUT2D eigenvalue weighted by atomic mass is 10.0. The normalized spacial score (nSPS) is 13.6. The number of carboxylic acids is 1. The molecule has 0 aliphatic heterocycles. The van der Waals surface area contributed by atoms with E-state index < -0.39 is 48.4 Å². The zero-order valence-corrected chi connectivity index (χ0v) is 19.0. The summed E-state index contributed by atoms with van der Waals surface area (Å²) >= 11 is 1.50. The fourth-order valence-electron chi connectivity index (χ4n) is 2.41. The topological polar surface area (TPSA) is 215 Å². The average molecular weight is 462 g/mol. The van der Waals surface area contributed by atoms with Gasteiger partial charge >= 0.3 is 5.97 Å². The third kappa shape index (κ3) is 12.7. The Labute approximate surface area is 186 Å². The summed E-state index contributed by atoms with van der Waals surface area (Å²) in [5.41, 5.74) is 16.4. The molecule has 0 radical (unpaired) electrons. The van der Waals surface area contributed by atoms with Crippen molar-refractivity contribution in [3.63, 3.8) is 0 Å². The number of guanidine groups is 1. The number of aliphatic carboxylic acids is 1. The molecule has 0 rings (SSSR count). The summed E-state index contributed by atoms with van der Waals surface area (Å²) < 4.78 is 0. The summed E-state index contributed by atoms with van der Waals surface area (Å²) in [4.78, 5) is 52.1. The highest BCUT2D eigenvalue weighted by molar-refractivity contribution is 7.98. The molecule has 0 aromatic carbocycles. The second kappa shape index (κ2) is 15.3. The van der Waals surface area contributed by atoms with E-state index in [1.165, 1.54) is 11.8 Å². The summed E-state index contributed by atoms with van der Waals surface area (Å²) in [7, 11) is 0. The van der Waals surface area contributed by atoms with E-state index in [1.54, 1.807) is 13.8 Å². The van der Waals surface area contributed by atoms with Gasteiger partial charge in [0.05, 0.1) is 6.04 Å². The minimum absolute atomic E-state index is 0.0998. The van der Waals surface area contributed by atoms with Crippen molar-refractivity contribution in [3.8, 4) is 0 Å². The highest BCUT2D eigenvalue weighted by Crippen LogP contribution is 2.06. The maximum Gasteiger partial charge on any atom is 0.322 e. The van der Waals surface area contributed by atoms with Crippen LogP contribution in [0.2, 0.25) is 0 Å². The number of nitrogens with one attached hydrogen (secondary N) is 3. The summed E-state index contributed by atoms with van der Waals surface area (Å²) in [5.74, 6) is -2.52. The molecule has 0 heterocycles. The van der Waals surface area contributed by atoms with Crippen LogP contribution in [0.4, 0.5) is 0 Å². The summed E-state index contributed by atoms with van der Waals surface area (Å²) in [6.45, 7) is 3.23. The highest BCUT2D eigenvalue weighted by Gasteiger charge is 2.28. The van der Waals surface area contributed by atoms with Crippen LogP contribution in [-0.4, -0.2) is 78.0 Å². The standard InChI is InChI=1S/C18H35N7O5S/c1-10(2)14(19)17(30)25-12(6-8-31-3)16(29)24-11(5-4-7-22-18(20)21)15(28)23-9-13(26)27/h10-12,14H,4-9,19H2,1-3H3,(H,23,28)(H,24,29)(H,25,30)(H,26,27)(H4,20,21,22). The van der Waals surface area contributed by atoms with Gasteiger partial charge in [-0.1, -0.05) is 13.8 Å². The molecule has 0 saturated heterocycles. The maximum atomic E-state index is 12.8. The number of carbonyl (C=O) groups is 4. The number of hydrogen-bond acceptors (Lipinski definition) is 7. The van der Waals surface area contributed by atoms with Crippen LogP contribution < -0.4 is 33.2 Å². The Morgan fingerprint density at radius 3 is 2.10 bits per heavy atom. The third-order valence-corrected chi connectivity index (χ3v) is 4.90. The molecule has 3 unspecified atom stereocenters. The lowest BCUT2D eigenvalue weighted by Crippen LogP contribution is -2.56. The van der Waals surface area contributed by atoms with Crippen LogP contribution in [-0.2, 0) is 19.2 Å². The van der Waals surface area contributed by atoms with Crippen LogP contribution >= 0.6 is 11.8 Å². The Kier molecular flexibility index (Phi) is 14.0. The van der Waals surface area contributed by atoms with Gasteiger partial charge in [-0.2, -0.15) is 11.8 Å². The Morgan fingerprint density at radius 1 is 1.00 bits per heavy atom. The monoisotopic (exact) mass is 461 g/mol. The molecule has 0 spiro atoms. The number of thioether (sulfide) groups is 1. The van der Waals surface area contributed by atoms with Crippen LogP contribution in [0.5, 0.6) is 0 Å². The number of nitrogens with zero attached hydrogens (tertiary/aromatic N) is 1. The predicted octanol–water partition coefficient (Wildman–Crippen LogP) is -2.05. The van der Waals surface area contributed by atoms with E-state index in [0.717, 1.165) is 0 Å². The molecule has 31 heavy (non-hydrogen) atoms. The Balaban J connectivity index is 5.27. The van der Waals surface area contributed by atoms with E-state index in [0.29, 0.717) is 18.6 Å². The molecule has 0 saturated carbocycles. The van der Waals surface area contributed by atoms with Crippen molar-refractivity contribution in [2.45, 2.75) is 51.2 Å². The highest BCUT2D eigenvalue weighted by atomic mass is 32.2. The van der Waals surface area contributed by atoms with Crippen LogP contribution in [0.3, 0.4) is 0 Å². The van der Waals surface area contributed by atoms with Crippen molar-refractivity contribution in [1.29, 1.82) is 0 Å². The second-order valence-corrected chi connectivity index (χ2v) is 8.22. The molecule has 0 aromatic heterocycles. The smallest absolute Gasteiger partial charge is 0.322 e. The number of carboxylic acid groups (broad SMARTS) is 1.